The van der Waals surface area contributed by atoms with Crippen molar-refractivity contribution >= 4 is 11.7 Å². The molecule has 2 heterocycles. The molecule has 0 radical (unpaired) electrons. The first-order chi connectivity index (χ1) is 12.0. The SMILES string of the molecule is CN(C)c1ccc(C(=O)NCCn2nc3c(cc2=O)CCCC3)nn1. The lowest BCUT2D eigenvalue weighted by molar-refractivity contribution is 0.0945. The van der Waals surface area contributed by atoms with E-state index in [0.29, 0.717) is 18.9 Å². The highest BCUT2D eigenvalue weighted by Crippen LogP contribution is 2.16. The number of fused-ring (bicyclic) bond motifs is 1. The number of aryl methyl sites for hydroxylation is 2. The number of aromatic nitrogens is 4. The standard InChI is InChI=1S/C17H22N6O2/c1-22(2)15-8-7-14(19-20-15)17(25)18-9-10-23-16(24)11-12-5-3-4-6-13(12)21-23/h7-8,11H,3-6,9-10H2,1-2H3,(H,18,25). The molecule has 25 heavy (non-hydrogen) atoms. The Morgan fingerprint density at radius 1 is 1.24 bits per heavy atom. The van der Waals surface area contributed by atoms with Crippen molar-refractivity contribution < 1.29 is 4.79 Å². The van der Waals surface area contributed by atoms with Gasteiger partial charge in [-0.15, -0.1) is 10.2 Å². The summed E-state index contributed by atoms with van der Waals surface area (Å²) < 4.78 is 1.42. The summed E-state index contributed by atoms with van der Waals surface area (Å²) in [6, 6.07) is 5.03. The molecule has 1 N–H and O–H groups in total. The van der Waals surface area contributed by atoms with Crippen LogP contribution in [-0.4, -0.2) is 46.5 Å². The van der Waals surface area contributed by atoms with Gasteiger partial charge in [-0.1, -0.05) is 0 Å². The normalized spacial score (nSPS) is 13.2. The van der Waals surface area contributed by atoms with E-state index in [4.69, 9.17) is 0 Å². The molecule has 0 unspecified atom stereocenters. The lowest BCUT2D eigenvalue weighted by Crippen LogP contribution is -2.33. The Morgan fingerprint density at radius 2 is 2.04 bits per heavy atom. The molecule has 0 aromatic carbocycles. The molecule has 132 valence electrons. The Balaban J connectivity index is 1.59. The van der Waals surface area contributed by atoms with Gasteiger partial charge in [0, 0.05) is 26.7 Å². The van der Waals surface area contributed by atoms with Gasteiger partial charge in [0.2, 0.25) is 0 Å². The third-order valence-corrected chi connectivity index (χ3v) is 4.22. The molecule has 0 atom stereocenters. The average molecular weight is 342 g/mol. The summed E-state index contributed by atoms with van der Waals surface area (Å²) in [6.45, 7) is 0.642. The van der Waals surface area contributed by atoms with Crippen LogP contribution in [-0.2, 0) is 19.4 Å². The van der Waals surface area contributed by atoms with Crippen LogP contribution in [0.1, 0.15) is 34.6 Å². The zero-order valence-electron chi connectivity index (χ0n) is 14.5. The smallest absolute Gasteiger partial charge is 0.271 e. The van der Waals surface area contributed by atoms with Crippen LogP contribution in [0.25, 0.3) is 0 Å². The fraction of sp³-hybridized carbons (Fsp3) is 0.471. The highest BCUT2D eigenvalue weighted by Gasteiger charge is 2.13. The first kappa shape index (κ1) is 17.1. The van der Waals surface area contributed by atoms with Gasteiger partial charge >= 0.3 is 0 Å². The predicted octanol–water partition coefficient (Wildman–Crippen LogP) is 0.408. The Bertz CT molecular complexity index is 813. The van der Waals surface area contributed by atoms with E-state index >= 15 is 0 Å². The first-order valence-corrected chi connectivity index (χ1v) is 8.44. The topological polar surface area (TPSA) is 93.0 Å². The number of amides is 1. The summed E-state index contributed by atoms with van der Waals surface area (Å²) in [5, 5.41) is 15.1. The van der Waals surface area contributed by atoms with Crippen molar-refractivity contribution in [1.82, 2.24) is 25.3 Å². The maximum absolute atomic E-state index is 12.1. The number of rotatable bonds is 5. The monoisotopic (exact) mass is 342 g/mol. The molecule has 0 bridgehead atoms. The van der Waals surface area contributed by atoms with Gasteiger partial charge in [0.05, 0.1) is 12.2 Å². The molecule has 0 aliphatic heterocycles. The fourth-order valence-electron chi connectivity index (χ4n) is 2.81. The van der Waals surface area contributed by atoms with Crippen molar-refractivity contribution in [2.75, 3.05) is 25.5 Å². The minimum atomic E-state index is -0.316. The summed E-state index contributed by atoms with van der Waals surface area (Å²) in [6.07, 6.45) is 4.06. The summed E-state index contributed by atoms with van der Waals surface area (Å²) in [4.78, 5) is 26.0. The second kappa shape index (κ2) is 7.42. The zero-order valence-corrected chi connectivity index (χ0v) is 14.5. The largest absolute Gasteiger partial charge is 0.361 e. The summed E-state index contributed by atoms with van der Waals surface area (Å²) in [5.74, 6) is 0.366. The summed E-state index contributed by atoms with van der Waals surface area (Å²) in [5.41, 5.74) is 2.19. The molecule has 0 spiro atoms. The molecule has 2 aromatic heterocycles. The minimum absolute atomic E-state index is 0.120. The number of nitrogens with one attached hydrogen (secondary N) is 1. The van der Waals surface area contributed by atoms with Crippen molar-refractivity contribution in [3.8, 4) is 0 Å². The molecule has 3 rings (SSSR count). The summed E-state index contributed by atoms with van der Waals surface area (Å²) >= 11 is 0. The highest BCUT2D eigenvalue weighted by atomic mass is 16.2. The van der Waals surface area contributed by atoms with E-state index < -0.39 is 0 Å². The quantitative estimate of drug-likeness (QED) is 0.846. The molecule has 8 heteroatoms. The number of hydrogen-bond donors (Lipinski definition) is 1. The van der Waals surface area contributed by atoms with E-state index in [9.17, 15) is 9.59 Å². The fourth-order valence-corrected chi connectivity index (χ4v) is 2.81. The summed E-state index contributed by atoms with van der Waals surface area (Å²) in [7, 11) is 3.71. The molecule has 8 nitrogen and oxygen atoms in total. The van der Waals surface area contributed by atoms with Gasteiger partial charge in [0.1, 0.15) is 0 Å². The van der Waals surface area contributed by atoms with Crippen molar-refractivity contribution in [3.05, 3.63) is 45.5 Å². The number of nitrogens with zero attached hydrogens (tertiary/aromatic N) is 5. The van der Waals surface area contributed by atoms with Crippen LogP contribution in [0, 0.1) is 0 Å². The molecule has 1 aliphatic rings. The second-order valence-corrected chi connectivity index (χ2v) is 6.31. The van der Waals surface area contributed by atoms with Crippen LogP contribution in [0.2, 0.25) is 0 Å². The van der Waals surface area contributed by atoms with E-state index in [1.807, 2.05) is 19.0 Å². The van der Waals surface area contributed by atoms with Crippen LogP contribution in [0.5, 0.6) is 0 Å². The maximum Gasteiger partial charge on any atom is 0.271 e. The van der Waals surface area contributed by atoms with E-state index in [-0.39, 0.29) is 17.2 Å². The zero-order chi connectivity index (χ0) is 17.8. The van der Waals surface area contributed by atoms with Crippen LogP contribution in [0.3, 0.4) is 0 Å². The van der Waals surface area contributed by atoms with Gasteiger partial charge < -0.3 is 10.2 Å². The molecule has 1 amide bonds. The second-order valence-electron chi connectivity index (χ2n) is 6.31. The van der Waals surface area contributed by atoms with E-state index in [1.165, 1.54) is 4.68 Å². The predicted molar refractivity (Wildman–Crippen MR) is 93.8 cm³/mol. The first-order valence-electron chi connectivity index (χ1n) is 8.44. The number of carbonyl (C=O) groups is 1. The van der Waals surface area contributed by atoms with E-state index in [0.717, 1.165) is 36.9 Å². The van der Waals surface area contributed by atoms with Gasteiger partial charge in [-0.05, 0) is 43.4 Å². The van der Waals surface area contributed by atoms with Gasteiger partial charge in [-0.25, -0.2) is 4.68 Å². The lowest BCUT2D eigenvalue weighted by Gasteiger charge is -2.16. The van der Waals surface area contributed by atoms with Crippen LogP contribution in [0.15, 0.2) is 23.0 Å². The van der Waals surface area contributed by atoms with Gasteiger partial charge in [-0.3, -0.25) is 9.59 Å². The molecule has 0 saturated carbocycles. The highest BCUT2D eigenvalue weighted by molar-refractivity contribution is 5.92. The minimum Gasteiger partial charge on any atom is -0.361 e. The van der Waals surface area contributed by atoms with Crippen LogP contribution >= 0.6 is 0 Å². The van der Waals surface area contributed by atoms with E-state index in [1.54, 1.807) is 18.2 Å². The third kappa shape index (κ3) is 4.01. The number of carbonyl (C=O) groups excluding carboxylic acids is 1. The Morgan fingerprint density at radius 3 is 2.76 bits per heavy atom. The average Bonchev–Trinajstić information content (AvgIpc) is 2.62. The number of hydrogen-bond acceptors (Lipinski definition) is 6. The molecular weight excluding hydrogens is 320 g/mol. The van der Waals surface area contributed by atoms with E-state index in [2.05, 4.69) is 20.6 Å². The number of anilines is 1. The maximum atomic E-state index is 12.1. The van der Waals surface area contributed by atoms with Gasteiger partial charge in [0.25, 0.3) is 11.5 Å². The molecule has 0 fully saturated rings. The van der Waals surface area contributed by atoms with Crippen molar-refractivity contribution in [2.45, 2.75) is 32.2 Å². The van der Waals surface area contributed by atoms with Crippen LogP contribution < -0.4 is 15.8 Å². The van der Waals surface area contributed by atoms with Crippen molar-refractivity contribution in [3.63, 3.8) is 0 Å². The molecular formula is C17H22N6O2. The molecule has 2 aromatic rings. The van der Waals surface area contributed by atoms with Crippen molar-refractivity contribution in [2.24, 2.45) is 0 Å². The van der Waals surface area contributed by atoms with Crippen molar-refractivity contribution in [1.29, 1.82) is 0 Å². The van der Waals surface area contributed by atoms with Gasteiger partial charge in [0.15, 0.2) is 11.5 Å². The Labute approximate surface area is 145 Å². The third-order valence-electron chi connectivity index (χ3n) is 4.22. The molecule has 0 saturated heterocycles. The lowest BCUT2D eigenvalue weighted by atomic mass is 9.97. The van der Waals surface area contributed by atoms with Gasteiger partial charge in [-0.2, -0.15) is 5.10 Å². The van der Waals surface area contributed by atoms with Crippen LogP contribution in [0.4, 0.5) is 5.82 Å². The Hall–Kier alpha value is -2.77. The Kier molecular flexibility index (Phi) is 5.06. The molecule has 1 aliphatic carbocycles.